The van der Waals surface area contributed by atoms with Gasteiger partial charge in [0.2, 0.25) is 0 Å². The normalized spacial score (nSPS) is 26.2. The molecule has 1 N–H and O–H groups in total. The Morgan fingerprint density at radius 1 is 1.20 bits per heavy atom. The second-order valence-corrected chi connectivity index (χ2v) is 7.83. The largest absolute Gasteiger partial charge is 0.314 e. The van der Waals surface area contributed by atoms with Crippen LogP contribution in [-0.4, -0.2) is 27.3 Å². The molecule has 20 heavy (non-hydrogen) atoms. The number of hydrogen-bond acceptors (Lipinski definition) is 3. The van der Waals surface area contributed by atoms with Crippen molar-refractivity contribution < 1.29 is 8.42 Å². The molecule has 1 aliphatic rings. The van der Waals surface area contributed by atoms with Gasteiger partial charge in [0, 0.05) is 12.3 Å². The topological polar surface area (TPSA) is 46.2 Å². The maximum Gasteiger partial charge on any atom is 0.175 e. The number of hydrogen-bond donors (Lipinski definition) is 1. The average Bonchev–Trinajstić information content (AvgIpc) is 2.37. The third-order valence-corrected chi connectivity index (χ3v) is 5.53. The smallest absolute Gasteiger partial charge is 0.175 e. The van der Waals surface area contributed by atoms with Crippen molar-refractivity contribution >= 4 is 9.84 Å². The Hall–Kier alpha value is -0.870. The van der Waals surface area contributed by atoms with Crippen molar-refractivity contribution in [3.05, 3.63) is 29.8 Å². The maximum atomic E-state index is 11.5. The van der Waals surface area contributed by atoms with Crippen LogP contribution in [0.25, 0.3) is 0 Å². The second-order valence-electron chi connectivity index (χ2n) is 5.82. The summed E-state index contributed by atoms with van der Waals surface area (Å²) in [4.78, 5) is 0.411. The summed E-state index contributed by atoms with van der Waals surface area (Å²) in [6.45, 7) is 5.51. The van der Waals surface area contributed by atoms with Gasteiger partial charge in [0.15, 0.2) is 9.84 Å². The van der Waals surface area contributed by atoms with Gasteiger partial charge in [0.1, 0.15) is 0 Å². The quantitative estimate of drug-likeness (QED) is 0.877. The zero-order chi connectivity index (χ0) is 14.8. The Kier molecular flexibility index (Phi) is 4.86. The van der Waals surface area contributed by atoms with Crippen LogP contribution in [0.1, 0.15) is 44.6 Å². The van der Waals surface area contributed by atoms with Crippen molar-refractivity contribution in [2.24, 2.45) is 5.92 Å². The Morgan fingerprint density at radius 3 is 2.35 bits per heavy atom. The van der Waals surface area contributed by atoms with Crippen LogP contribution in [0.5, 0.6) is 0 Å². The maximum absolute atomic E-state index is 11.5. The van der Waals surface area contributed by atoms with Crippen molar-refractivity contribution in [2.45, 2.75) is 50.0 Å². The van der Waals surface area contributed by atoms with Crippen LogP contribution in [0.2, 0.25) is 0 Å². The van der Waals surface area contributed by atoms with Crippen molar-refractivity contribution in [1.82, 2.24) is 5.32 Å². The molecule has 1 fully saturated rings. The minimum Gasteiger partial charge on any atom is -0.314 e. The van der Waals surface area contributed by atoms with E-state index >= 15 is 0 Å². The predicted octanol–water partition coefficient (Wildman–Crippen LogP) is 2.97. The van der Waals surface area contributed by atoms with E-state index in [2.05, 4.69) is 19.2 Å². The van der Waals surface area contributed by atoms with Crippen molar-refractivity contribution in [3.8, 4) is 0 Å². The third kappa shape index (κ3) is 3.23. The van der Waals surface area contributed by atoms with Crippen LogP contribution in [0.15, 0.2) is 29.2 Å². The van der Waals surface area contributed by atoms with Gasteiger partial charge in [-0.15, -0.1) is 0 Å². The van der Waals surface area contributed by atoms with E-state index in [4.69, 9.17) is 0 Å². The molecule has 2 rings (SSSR count). The highest BCUT2D eigenvalue weighted by atomic mass is 32.2. The lowest BCUT2D eigenvalue weighted by atomic mass is 9.65. The molecule has 0 saturated heterocycles. The fourth-order valence-electron chi connectivity index (χ4n) is 3.19. The summed E-state index contributed by atoms with van der Waals surface area (Å²) in [6.07, 6.45) is 4.75. The highest BCUT2D eigenvalue weighted by Gasteiger charge is 2.39. The Morgan fingerprint density at radius 2 is 1.85 bits per heavy atom. The van der Waals surface area contributed by atoms with Crippen LogP contribution < -0.4 is 5.32 Å². The molecule has 1 aromatic rings. The first-order valence-electron chi connectivity index (χ1n) is 7.50. The molecule has 3 atom stereocenters. The molecule has 1 saturated carbocycles. The summed E-state index contributed by atoms with van der Waals surface area (Å²) in [5, 5.41) is 3.61. The summed E-state index contributed by atoms with van der Waals surface area (Å²) in [6, 6.07) is 8.08. The molecule has 3 unspecified atom stereocenters. The van der Waals surface area contributed by atoms with Crippen LogP contribution in [0, 0.1) is 5.92 Å². The third-order valence-electron chi connectivity index (χ3n) is 4.41. The number of sulfone groups is 1. The summed E-state index contributed by atoms with van der Waals surface area (Å²) in [7, 11) is -3.09. The highest BCUT2D eigenvalue weighted by molar-refractivity contribution is 7.90. The minimum atomic E-state index is -3.09. The van der Waals surface area contributed by atoms with Crippen LogP contribution in [0.3, 0.4) is 0 Å². The first-order valence-corrected chi connectivity index (χ1v) is 9.40. The number of rotatable bonds is 6. The van der Waals surface area contributed by atoms with Gasteiger partial charge in [0.05, 0.1) is 4.90 Å². The molecule has 0 heterocycles. The van der Waals surface area contributed by atoms with E-state index in [9.17, 15) is 8.42 Å². The molecule has 0 amide bonds. The fraction of sp³-hybridized carbons (Fsp3) is 0.625. The van der Waals surface area contributed by atoms with E-state index in [-0.39, 0.29) is 0 Å². The minimum absolute atomic E-state index is 0.411. The zero-order valence-electron chi connectivity index (χ0n) is 12.6. The van der Waals surface area contributed by atoms with Crippen molar-refractivity contribution in [1.29, 1.82) is 0 Å². The molecule has 1 aromatic carbocycles. The van der Waals surface area contributed by atoms with E-state index < -0.39 is 9.84 Å². The van der Waals surface area contributed by atoms with Crippen molar-refractivity contribution in [2.75, 3.05) is 12.8 Å². The average molecular weight is 295 g/mol. The fourth-order valence-corrected chi connectivity index (χ4v) is 3.82. The standard InChI is InChI=1S/C16H25NO2S/c1-4-10-17-16-11-15(14(16)5-2)12-6-8-13(9-7-12)20(3,18)19/h6-9,14-17H,4-5,10-11H2,1-3H3. The Labute approximate surface area is 122 Å². The van der Waals surface area contributed by atoms with Gasteiger partial charge in [-0.25, -0.2) is 8.42 Å². The Balaban J connectivity index is 2.06. The van der Waals surface area contributed by atoms with E-state index in [0.717, 1.165) is 13.0 Å². The lowest BCUT2D eigenvalue weighted by molar-refractivity contribution is 0.161. The van der Waals surface area contributed by atoms with Crippen LogP contribution in [-0.2, 0) is 9.84 Å². The van der Waals surface area contributed by atoms with Crippen LogP contribution >= 0.6 is 0 Å². The van der Waals surface area contributed by atoms with Gasteiger partial charge in [-0.05, 0) is 48.9 Å². The van der Waals surface area contributed by atoms with Crippen LogP contribution in [0.4, 0.5) is 0 Å². The molecule has 0 spiro atoms. The second kappa shape index (κ2) is 6.27. The van der Waals surface area contributed by atoms with E-state index in [1.165, 1.54) is 24.7 Å². The summed E-state index contributed by atoms with van der Waals surface area (Å²) >= 11 is 0. The molecule has 0 radical (unpaired) electrons. The molecule has 0 aliphatic heterocycles. The molecular formula is C16H25NO2S. The lowest BCUT2D eigenvalue weighted by Gasteiger charge is -2.45. The molecule has 0 aromatic heterocycles. The Bertz CT molecular complexity index is 536. The van der Waals surface area contributed by atoms with Gasteiger partial charge < -0.3 is 5.32 Å². The summed E-state index contributed by atoms with van der Waals surface area (Å²) in [5.74, 6) is 1.24. The van der Waals surface area contributed by atoms with E-state index in [1.807, 2.05) is 12.1 Å². The first-order chi connectivity index (χ1) is 9.47. The van der Waals surface area contributed by atoms with Gasteiger partial charge >= 0.3 is 0 Å². The number of benzene rings is 1. The highest BCUT2D eigenvalue weighted by Crippen LogP contribution is 2.44. The molecule has 0 bridgehead atoms. The van der Waals surface area contributed by atoms with E-state index in [0.29, 0.717) is 22.8 Å². The molecular weight excluding hydrogens is 270 g/mol. The molecule has 3 nitrogen and oxygen atoms in total. The van der Waals surface area contributed by atoms with Gasteiger partial charge in [-0.1, -0.05) is 32.4 Å². The lowest BCUT2D eigenvalue weighted by Crippen LogP contribution is -2.49. The van der Waals surface area contributed by atoms with Gasteiger partial charge in [0.25, 0.3) is 0 Å². The summed E-state index contributed by atoms with van der Waals surface area (Å²) in [5.41, 5.74) is 1.28. The first kappa shape index (κ1) is 15.5. The van der Waals surface area contributed by atoms with Gasteiger partial charge in [-0.3, -0.25) is 0 Å². The van der Waals surface area contributed by atoms with Gasteiger partial charge in [-0.2, -0.15) is 0 Å². The monoisotopic (exact) mass is 295 g/mol. The van der Waals surface area contributed by atoms with Crippen molar-refractivity contribution in [3.63, 3.8) is 0 Å². The summed E-state index contributed by atoms with van der Waals surface area (Å²) < 4.78 is 23.0. The zero-order valence-corrected chi connectivity index (χ0v) is 13.4. The molecule has 4 heteroatoms. The predicted molar refractivity (Wildman–Crippen MR) is 82.8 cm³/mol. The SMILES string of the molecule is CCCNC1CC(c2ccc(S(C)(=O)=O)cc2)C1CC. The molecule has 112 valence electrons. The number of nitrogens with one attached hydrogen (secondary N) is 1. The van der Waals surface area contributed by atoms with E-state index in [1.54, 1.807) is 12.1 Å². The molecule has 1 aliphatic carbocycles.